The van der Waals surface area contributed by atoms with Crippen LogP contribution in [0.1, 0.15) is 16.1 Å². The van der Waals surface area contributed by atoms with Gasteiger partial charge in [0, 0.05) is 18.9 Å². The summed E-state index contributed by atoms with van der Waals surface area (Å²) in [6, 6.07) is 12.0. The third kappa shape index (κ3) is 2.90. The maximum absolute atomic E-state index is 12.2. The number of pyridine rings is 1. The molecule has 1 aromatic heterocycles. The molecule has 2 rings (SSSR count). The summed E-state index contributed by atoms with van der Waals surface area (Å²) in [7, 11) is 1.63. The Hall–Kier alpha value is -2.38. The molecule has 1 amide bonds. The Labute approximate surface area is 115 Å². The molecule has 0 aliphatic rings. The molecule has 0 atom stereocenters. The Morgan fingerprint density at radius 2 is 2.16 bits per heavy atom. The van der Waals surface area contributed by atoms with E-state index in [-0.39, 0.29) is 5.91 Å². The number of anilines is 1. The molecule has 0 N–H and O–H groups in total. The second-order valence-corrected chi connectivity index (χ2v) is 4.32. The van der Waals surface area contributed by atoms with Crippen molar-refractivity contribution < 1.29 is 4.79 Å². The second kappa shape index (κ2) is 5.51. The number of halogens is 1. The molecule has 0 bridgehead atoms. The van der Waals surface area contributed by atoms with Gasteiger partial charge in [0.15, 0.2) is 0 Å². The summed E-state index contributed by atoms with van der Waals surface area (Å²) in [5.41, 5.74) is 1.44. The van der Waals surface area contributed by atoms with E-state index in [1.807, 2.05) is 6.07 Å². The molecule has 4 nitrogen and oxygen atoms in total. The van der Waals surface area contributed by atoms with Gasteiger partial charge in [-0.15, -0.1) is 0 Å². The van der Waals surface area contributed by atoms with Crippen LogP contribution in [0.4, 0.5) is 5.69 Å². The van der Waals surface area contributed by atoms with Crippen molar-refractivity contribution in [3.63, 3.8) is 0 Å². The smallest absolute Gasteiger partial charge is 0.276 e. The Morgan fingerprint density at radius 3 is 2.79 bits per heavy atom. The van der Waals surface area contributed by atoms with Crippen molar-refractivity contribution in [1.82, 2.24) is 4.98 Å². The van der Waals surface area contributed by atoms with Gasteiger partial charge in [-0.3, -0.25) is 4.79 Å². The lowest BCUT2D eigenvalue weighted by atomic mass is 10.2. The maximum Gasteiger partial charge on any atom is 0.276 e. The van der Waals surface area contributed by atoms with Crippen LogP contribution < -0.4 is 4.90 Å². The van der Waals surface area contributed by atoms with E-state index in [0.717, 1.165) is 0 Å². The second-order valence-electron chi connectivity index (χ2n) is 3.89. The van der Waals surface area contributed by atoms with Crippen LogP contribution in [0, 0.1) is 11.3 Å². The summed E-state index contributed by atoms with van der Waals surface area (Å²) in [4.78, 5) is 17.6. The zero-order valence-electron chi connectivity index (χ0n) is 10.2. The molecule has 0 aliphatic carbocycles. The summed E-state index contributed by atoms with van der Waals surface area (Å²) in [6.45, 7) is 0. The van der Waals surface area contributed by atoms with E-state index in [1.54, 1.807) is 43.4 Å². The van der Waals surface area contributed by atoms with Gasteiger partial charge in [0.1, 0.15) is 5.69 Å². The summed E-state index contributed by atoms with van der Waals surface area (Å²) < 4.78 is 0. The summed E-state index contributed by atoms with van der Waals surface area (Å²) >= 11 is 5.73. The molecule has 5 heteroatoms. The zero-order chi connectivity index (χ0) is 13.8. The van der Waals surface area contributed by atoms with Crippen LogP contribution in [0.2, 0.25) is 5.02 Å². The lowest BCUT2D eigenvalue weighted by Crippen LogP contribution is -2.27. The number of rotatable bonds is 2. The molecule has 1 heterocycles. The summed E-state index contributed by atoms with van der Waals surface area (Å²) in [5, 5.41) is 9.33. The highest BCUT2D eigenvalue weighted by molar-refractivity contribution is 6.30. The van der Waals surface area contributed by atoms with Gasteiger partial charge in [-0.1, -0.05) is 17.7 Å². The van der Waals surface area contributed by atoms with Crippen LogP contribution >= 0.6 is 11.6 Å². The first-order valence-corrected chi connectivity index (χ1v) is 5.89. The Morgan fingerprint density at radius 1 is 1.37 bits per heavy atom. The molecule has 19 heavy (non-hydrogen) atoms. The van der Waals surface area contributed by atoms with Crippen molar-refractivity contribution in [2.45, 2.75) is 0 Å². The number of carbonyl (C=O) groups excluding carboxylic acids is 1. The molecule has 0 aliphatic heterocycles. The Bertz CT molecular complexity index is 646. The first kappa shape index (κ1) is 13.1. The number of amides is 1. The highest BCUT2D eigenvalue weighted by atomic mass is 35.5. The lowest BCUT2D eigenvalue weighted by molar-refractivity contribution is 0.0988. The van der Waals surface area contributed by atoms with Crippen molar-refractivity contribution in [3.8, 4) is 6.07 Å². The predicted octanol–water partition coefficient (Wildman–Crippen LogP) is 2.88. The minimum absolute atomic E-state index is 0.258. The van der Waals surface area contributed by atoms with E-state index in [2.05, 4.69) is 4.98 Å². The van der Waals surface area contributed by atoms with Gasteiger partial charge in [-0.2, -0.15) is 5.26 Å². The fourth-order valence-electron chi connectivity index (χ4n) is 1.58. The fourth-order valence-corrected chi connectivity index (χ4v) is 1.69. The fraction of sp³-hybridized carbons (Fsp3) is 0.0714. The third-order valence-electron chi connectivity index (χ3n) is 2.61. The van der Waals surface area contributed by atoms with Crippen LogP contribution in [-0.4, -0.2) is 17.9 Å². The van der Waals surface area contributed by atoms with Crippen molar-refractivity contribution in [2.24, 2.45) is 0 Å². The number of carbonyl (C=O) groups is 1. The maximum atomic E-state index is 12.2. The average molecular weight is 272 g/mol. The molecular formula is C14H10ClN3O. The Kier molecular flexibility index (Phi) is 3.79. The molecule has 0 saturated heterocycles. The standard InChI is InChI=1S/C14H10ClN3O/c1-18(12-4-2-3-10(7-12)8-16)14(19)13-6-5-11(15)9-17-13/h2-7,9H,1H3. The first-order chi connectivity index (χ1) is 9.11. The van der Waals surface area contributed by atoms with E-state index >= 15 is 0 Å². The highest BCUT2D eigenvalue weighted by Crippen LogP contribution is 2.17. The van der Waals surface area contributed by atoms with Crippen molar-refractivity contribution >= 4 is 23.2 Å². The molecule has 2 aromatic rings. The van der Waals surface area contributed by atoms with E-state index in [4.69, 9.17) is 16.9 Å². The molecule has 0 unspecified atom stereocenters. The first-order valence-electron chi connectivity index (χ1n) is 5.51. The molecule has 0 saturated carbocycles. The quantitative estimate of drug-likeness (QED) is 0.844. The SMILES string of the molecule is CN(C(=O)c1ccc(Cl)cn1)c1cccc(C#N)c1. The zero-order valence-corrected chi connectivity index (χ0v) is 10.9. The lowest BCUT2D eigenvalue weighted by Gasteiger charge is -2.16. The van der Waals surface area contributed by atoms with E-state index in [1.165, 1.54) is 11.1 Å². The Balaban J connectivity index is 2.28. The monoisotopic (exact) mass is 271 g/mol. The predicted molar refractivity (Wildman–Crippen MR) is 73.1 cm³/mol. The van der Waals surface area contributed by atoms with Gasteiger partial charge in [0.25, 0.3) is 5.91 Å². The molecule has 0 spiro atoms. The van der Waals surface area contributed by atoms with E-state index < -0.39 is 0 Å². The minimum atomic E-state index is -0.258. The number of nitriles is 1. The van der Waals surface area contributed by atoms with E-state index in [9.17, 15) is 4.79 Å². The number of nitrogens with zero attached hydrogens (tertiary/aromatic N) is 3. The van der Waals surface area contributed by atoms with Crippen LogP contribution in [0.15, 0.2) is 42.6 Å². The van der Waals surface area contributed by atoms with Crippen LogP contribution in [0.5, 0.6) is 0 Å². The number of aromatic nitrogens is 1. The van der Waals surface area contributed by atoms with Crippen molar-refractivity contribution in [3.05, 3.63) is 58.9 Å². The third-order valence-corrected chi connectivity index (χ3v) is 2.84. The summed E-state index contributed by atoms with van der Waals surface area (Å²) in [5.74, 6) is -0.258. The molecule has 0 fully saturated rings. The van der Waals surface area contributed by atoms with Gasteiger partial charge in [0.2, 0.25) is 0 Å². The molecule has 0 radical (unpaired) electrons. The van der Waals surface area contributed by atoms with Crippen molar-refractivity contribution in [1.29, 1.82) is 5.26 Å². The average Bonchev–Trinajstić information content (AvgIpc) is 2.46. The van der Waals surface area contributed by atoms with Crippen molar-refractivity contribution in [2.75, 3.05) is 11.9 Å². The number of hydrogen-bond acceptors (Lipinski definition) is 3. The van der Waals surface area contributed by atoms with Gasteiger partial charge in [-0.05, 0) is 30.3 Å². The summed E-state index contributed by atoms with van der Waals surface area (Å²) in [6.07, 6.45) is 1.42. The molecule has 1 aromatic carbocycles. The van der Waals surface area contributed by atoms with Gasteiger partial charge in [-0.25, -0.2) is 4.98 Å². The van der Waals surface area contributed by atoms with Gasteiger partial charge < -0.3 is 4.90 Å². The molecular weight excluding hydrogens is 262 g/mol. The van der Waals surface area contributed by atoms with Crippen LogP contribution in [0.25, 0.3) is 0 Å². The molecule has 94 valence electrons. The number of benzene rings is 1. The van der Waals surface area contributed by atoms with Gasteiger partial charge >= 0.3 is 0 Å². The van der Waals surface area contributed by atoms with E-state index in [0.29, 0.717) is 22.0 Å². The van der Waals surface area contributed by atoms with Crippen LogP contribution in [0.3, 0.4) is 0 Å². The topological polar surface area (TPSA) is 57.0 Å². The minimum Gasteiger partial charge on any atom is -0.310 e. The normalized spacial score (nSPS) is 9.74. The van der Waals surface area contributed by atoms with Gasteiger partial charge in [0.05, 0.1) is 16.7 Å². The highest BCUT2D eigenvalue weighted by Gasteiger charge is 2.14. The van der Waals surface area contributed by atoms with Crippen LogP contribution in [-0.2, 0) is 0 Å². The number of hydrogen-bond donors (Lipinski definition) is 0. The largest absolute Gasteiger partial charge is 0.310 e.